The van der Waals surface area contributed by atoms with E-state index in [1.165, 1.54) is 0 Å². The fraction of sp³-hybridized carbons (Fsp3) is 0.214. The predicted octanol–water partition coefficient (Wildman–Crippen LogP) is 4.57. The Balaban J connectivity index is 2.17. The van der Waals surface area contributed by atoms with E-state index >= 15 is 0 Å². The molecule has 2 aromatic rings. The summed E-state index contributed by atoms with van der Waals surface area (Å²) in [5.41, 5.74) is 0.968. The lowest BCUT2D eigenvalue weighted by molar-refractivity contribution is 0.478. The quantitative estimate of drug-likeness (QED) is 0.884. The molecule has 0 saturated carbocycles. The van der Waals surface area contributed by atoms with Gasteiger partial charge in [0.25, 0.3) is 0 Å². The number of ether oxygens (including phenoxy) is 1. The number of benzene rings is 1. The van der Waals surface area contributed by atoms with Crippen LogP contribution in [0.25, 0.3) is 0 Å². The fourth-order valence-corrected chi connectivity index (χ4v) is 2.03. The van der Waals surface area contributed by atoms with Crippen molar-refractivity contribution in [2.24, 2.45) is 0 Å². The molecule has 0 aliphatic carbocycles. The van der Waals surface area contributed by atoms with Crippen molar-refractivity contribution in [2.45, 2.75) is 13.0 Å². The molecule has 19 heavy (non-hydrogen) atoms. The molecule has 3 nitrogen and oxygen atoms in total. The van der Waals surface area contributed by atoms with Gasteiger partial charge in [-0.25, -0.2) is 0 Å². The molecule has 1 atom stereocenters. The summed E-state index contributed by atoms with van der Waals surface area (Å²) in [7, 11) is 1.90. The second kappa shape index (κ2) is 6.37. The number of aromatic nitrogens is 1. The molecule has 100 valence electrons. The molecule has 5 heteroatoms. The number of hydrogen-bond acceptors (Lipinski definition) is 3. The van der Waals surface area contributed by atoms with Gasteiger partial charge in [0, 0.05) is 10.5 Å². The molecule has 1 N–H and O–H groups in total. The summed E-state index contributed by atoms with van der Waals surface area (Å²) >= 11 is 9.46. The van der Waals surface area contributed by atoms with Gasteiger partial charge in [-0.05, 0) is 44.3 Å². The monoisotopic (exact) mass is 340 g/mol. The van der Waals surface area contributed by atoms with Crippen molar-refractivity contribution < 1.29 is 4.74 Å². The standard InChI is InChI=1S/C14H14BrClN2O/c1-9(17-2)13-6-4-11(8-18-13)19-14-7-10(15)3-5-12(14)16/h3-9,17H,1-2H3. The van der Waals surface area contributed by atoms with Crippen molar-refractivity contribution >= 4 is 27.5 Å². The molecule has 0 aliphatic rings. The minimum Gasteiger partial charge on any atom is -0.454 e. The van der Waals surface area contributed by atoms with Gasteiger partial charge in [-0.2, -0.15) is 0 Å². The number of nitrogens with zero attached hydrogens (tertiary/aromatic N) is 1. The zero-order valence-corrected chi connectivity index (χ0v) is 13.0. The normalized spacial score (nSPS) is 12.2. The Morgan fingerprint density at radius 3 is 2.74 bits per heavy atom. The number of halogens is 2. The van der Waals surface area contributed by atoms with E-state index in [9.17, 15) is 0 Å². The third kappa shape index (κ3) is 3.69. The minimum atomic E-state index is 0.212. The first-order valence-electron chi connectivity index (χ1n) is 5.86. The Labute approximate surface area is 126 Å². The van der Waals surface area contributed by atoms with E-state index < -0.39 is 0 Å². The number of hydrogen-bond donors (Lipinski definition) is 1. The average Bonchev–Trinajstić information content (AvgIpc) is 2.43. The second-order valence-corrected chi connectivity index (χ2v) is 5.43. The van der Waals surface area contributed by atoms with Gasteiger partial charge in [-0.1, -0.05) is 27.5 Å². The van der Waals surface area contributed by atoms with Crippen LogP contribution < -0.4 is 10.1 Å². The van der Waals surface area contributed by atoms with Crippen LogP contribution in [0, 0.1) is 0 Å². The Kier molecular flexibility index (Phi) is 4.80. The highest BCUT2D eigenvalue weighted by atomic mass is 79.9. The van der Waals surface area contributed by atoms with Gasteiger partial charge in [0.15, 0.2) is 0 Å². The molecular formula is C14H14BrClN2O. The van der Waals surface area contributed by atoms with Crippen molar-refractivity contribution in [3.63, 3.8) is 0 Å². The van der Waals surface area contributed by atoms with E-state index in [4.69, 9.17) is 16.3 Å². The molecule has 0 bridgehead atoms. The number of pyridine rings is 1. The lowest BCUT2D eigenvalue weighted by Gasteiger charge is -2.11. The van der Waals surface area contributed by atoms with Gasteiger partial charge in [0.05, 0.1) is 16.9 Å². The zero-order chi connectivity index (χ0) is 13.8. The largest absolute Gasteiger partial charge is 0.454 e. The number of nitrogens with one attached hydrogen (secondary N) is 1. The maximum absolute atomic E-state index is 6.07. The topological polar surface area (TPSA) is 34.1 Å². The Morgan fingerprint density at radius 1 is 1.32 bits per heavy atom. The third-order valence-corrected chi connectivity index (χ3v) is 3.56. The lowest BCUT2D eigenvalue weighted by atomic mass is 10.2. The zero-order valence-electron chi connectivity index (χ0n) is 10.7. The highest BCUT2D eigenvalue weighted by molar-refractivity contribution is 9.10. The van der Waals surface area contributed by atoms with Crippen LogP contribution in [-0.4, -0.2) is 12.0 Å². The fourth-order valence-electron chi connectivity index (χ4n) is 1.54. The van der Waals surface area contributed by atoms with Gasteiger partial charge in [-0.3, -0.25) is 4.98 Å². The highest BCUT2D eigenvalue weighted by Crippen LogP contribution is 2.31. The van der Waals surface area contributed by atoms with Crippen LogP contribution in [0.2, 0.25) is 5.02 Å². The Hall–Kier alpha value is -1.10. The van der Waals surface area contributed by atoms with E-state index in [1.54, 1.807) is 12.3 Å². The van der Waals surface area contributed by atoms with Gasteiger partial charge >= 0.3 is 0 Å². The molecule has 0 saturated heterocycles. The Bertz CT molecular complexity index is 560. The first-order valence-corrected chi connectivity index (χ1v) is 7.03. The van der Waals surface area contributed by atoms with E-state index in [1.807, 2.05) is 38.2 Å². The minimum absolute atomic E-state index is 0.212. The molecule has 1 aromatic carbocycles. The summed E-state index contributed by atoms with van der Waals surface area (Å²) in [4.78, 5) is 4.36. The predicted molar refractivity (Wildman–Crippen MR) is 80.9 cm³/mol. The van der Waals surface area contributed by atoms with Gasteiger partial charge in [0.1, 0.15) is 11.5 Å². The van der Waals surface area contributed by atoms with Crippen LogP contribution in [0.5, 0.6) is 11.5 Å². The van der Waals surface area contributed by atoms with Gasteiger partial charge in [-0.15, -0.1) is 0 Å². The summed E-state index contributed by atoms with van der Waals surface area (Å²) in [6.45, 7) is 2.05. The van der Waals surface area contributed by atoms with Crippen LogP contribution >= 0.6 is 27.5 Å². The van der Waals surface area contributed by atoms with Crippen LogP contribution in [0.4, 0.5) is 0 Å². The Morgan fingerprint density at radius 2 is 2.11 bits per heavy atom. The molecule has 0 spiro atoms. The van der Waals surface area contributed by atoms with E-state index in [0.717, 1.165) is 10.2 Å². The van der Waals surface area contributed by atoms with Crippen LogP contribution in [0.15, 0.2) is 41.0 Å². The van der Waals surface area contributed by atoms with E-state index in [0.29, 0.717) is 16.5 Å². The van der Waals surface area contributed by atoms with E-state index in [2.05, 4.69) is 26.2 Å². The second-order valence-electron chi connectivity index (χ2n) is 4.11. The smallest absolute Gasteiger partial charge is 0.147 e. The third-order valence-electron chi connectivity index (χ3n) is 2.76. The number of rotatable bonds is 4. The summed E-state index contributed by atoms with van der Waals surface area (Å²) in [5.74, 6) is 1.26. The highest BCUT2D eigenvalue weighted by Gasteiger charge is 2.07. The van der Waals surface area contributed by atoms with E-state index in [-0.39, 0.29) is 6.04 Å². The molecule has 1 heterocycles. The molecule has 0 fully saturated rings. The van der Waals surface area contributed by atoms with Crippen molar-refractivity contribution in [1.82, 2.24) is 10.3 Å². The van der Waals surface area contributed by atoms with Crippen molar-refractivity contribution in [2.75, 3.05) is 7.05 Å². The van der Waals surface area contributed by atoms with Crippen LogP contribution in [0.1, 0.15) is 18.7 Å². The lowest BCUT2D eigenvalue weighted by Crippen LogP contribution is -2.13. The molecule has 1 aromatic heterocycles. The van der Waals surface area contributed by atoms with Crippen LogP contribution in [0.3, 0.4) is 0 Å². The molecule has 0 radical (unpaired) electrons. The molecule has 0 amide bonds. The molecule has 1 unspecified atom stereocenters. The summed E-state index contributed by atoms with van der Waals surface area (Å²) < 4.78 is 6.63. The van der Waals surface area contributed by atoms with Gasteiger partial charge < -0.3 is 10.1 Å². The van der Waals surface area contributed by atoms with Crippen LogP contribution in [-0.2, 0) is 0 Å². The SMILES string of the molecule is CNC(C)c1ccc(Oc2cc(Br)ccc2Cl)cn1. The molecule has 2 rings (SSSR count). The summed E-state index contributed by atoms with van der Waals surface area (Å²) in [6.07, 6.45) is 1.69. The summed E-state index contributed by atoms with van der Waals surface area (Å²) in [6, 6.07) is 9.50. The average molecular weight is 342 g/mol. The van der Waals surface area contributed by atoms with Crippen molar-refractivity contribution in [3.8, 4) is 11.5 Å². The first kappa shape index (κ1) is 14.3. The maximum Gasteiger partial charge on any atom is 0.147 e. The maximum atomic E-state index is 6.07. The molecular weight excluding hydrogens is 328 g/mol. The van der Waals surface area contributed by atoms with Crippen molar-refractivity contribution in [3.05, 3.63) is 51.7 Å². The van der Waals surface area contributed by atoms with Gasteiger partial charge in [0.2, 0.25) is 0 Å². The summed E-state index contributed by atoms with van der Waals surface area (Å²) in [5, 5.41) is 3.70. The van der Waals surface area contributed by atoms with Crippen molar-refractivity contribution in [1.29, 1.82) is 0 Å². The first-order chi connectivity index (χ1) is 9.10. The molecule has 0 aliphatic heterocycles.